The molecule has 1 heterocycles. The monoisotopic (exact) mass is 219 g/mol. The van der Waals surface area contributed by atoms with Gasteiger partial charge in [0.05, 0.1) is 5.56 Å². The highest BCUT2D eigenvalue weighted by atomic mass is 16.3. The predicted molar refractivity (Wildman–Crippen MR) is 62.6 cm³/mol. The highest BCUT2D eigenvalue weighted by Crippen LogP contribution is 2.23. The van der Waals surface area contributed by atoms with Gasteiger partial charge in [0.15, 0.2) is 0 Å². The highest BCUT2D eigenvalue weighted by molar-refractivity contribution is 5.98. The molecular formula is C13H17NO2. The SMILES string of the molecule is Cc1cccc(O)c1C(=O)N1CCCCC1. The first kappa shape index (κ1) is 11.0. The zero-order valence-electron chi connectivity index (χ0n) is 9.57. The number of hydrogen-bond donors (Lipinski definition) is 1. The lowest BCUT2D eigenvalue weighted by Gasteiger charge is -2.27. The number of hydrogen-bond acceptors (Lipinski definition) is 2. The summed E-state index contributed by atoms with van der Waals surface area (Å²) in [4.78, 5) is 14.0. The first-order chi connectivity index (χ1) is 7.70. The maximum atomic E-state index is 12.2. The Balaban J connectivity index is 2.26. The van der Waals surface area contributed by atoms with Crippen LogP contribution in [0.5, 0.6) is 5.75 Å². The fraction of sp³-hybridized carbons (Fsp3) is 0.462. The van der Waals surface area contributed by atoms with Crippen LogP contribution in [-0.4, -0.2) is 29.0 Å². The molecule has 1 aliphatic rings. The molecule has 2 rings (SSSR count). The minimum atomic E-state index is -0.0321. The number of benzene rings is 1. The van der Waals surface area contributed by atoms with Crippen LogP contribution in [0, 0.1) is 6.92 Å². The Morgan fingerprint density at radius 2 is 1.94 bits per heavy atom. The van der Waals surface area contributed by atoms with E-state index in [9.17, 15) is 9.90 Å². The average molecular weight is 219 g/mol. The third-order valence-electron chi connectivity index (χ3n) is 3.11. The smallest absolute Gasteiger partial charge is 0.257 e. The van der Waals surface area contributed by atoms with Gasteiger partial charge in [-0.05, 0) is 37.8 Å². The number of aryl methyl sites for hydroxylation is 1. The lowest BCUT2D eigenvalue weighted by molar-refractivity contribution is 0.0720. The lowest BCUT2D eigenvalue weighted by atomic mass is 10.0. The Kier molecular flexibility index (Phi) is 3.13. The number of phenolic OH excluding ortho intramolecular Hbond substituents is 1. The molecule has 1 N–H and O–H groups in total. The van der Waals surface area contributed by atoms with Crippen molar-refractivity contribution in [3.05, 3.63) is 29.3 Å². The lowest BCUT2D eigenvalue weighted by Crippen LogP contribution is -2.36. The molecule has 0 aliphatic carbocycles. The number of nitrogens with zero attached hydrogens (tertiary/aromatic N) is 1. The number of carbonyl (C=O) groups is 1. The van der Waals surface area contributed by atoms with E-state index in [1.54, 1.807) is 12.1 Å². The molecule has 86 valence electrons. The van der Waals surface area contributed by atoms with Crippen LogP contribution in [0.25, 0.3) is 0 Å². The van der Waals surface area contributed by atoms with Crippen LogP contribution in [0.1, 0.15) is 35.2 Å². The zero-order chi connectivity index (χ0) is 11.5. The molecule has 0 radical (unpaired) electrons. The van der Waals surface area contributed by atoms with Crippen LogP contribution >= 0.6 is 0 Å². The fourth-order valence-corrected chi connectivity index (χ4v) is 2.19. The molecule has 0 bridgehead atoms. The van der Waals surface area contributed by atoms with E-state index in [1.807, 2.05) is 17.9 Å². The quantitative estimate of drug-likeness (QED) is 0.787. The number of amides is 1. The first-order valence-corrected chi connectivity index (χ1v) is 5.78. The van der Waals surface area contributed by atoms with Crippen molar-refractivity contribution in [1.82, 2.24) is 4.90 Å². The summed E-state index contributed by atoms with van der Waals surface area (Å²) in [6, 6.07) is 5.19. The molecule has 1 saturated heterocycles. The molecule has 1 aromatic rings. The molecule has 16 heavy (non-hydrogen) atoms. The summed E-state index contributed by atoms with van der Waals surface area (Å²) in [5.41, 5.74) is 1.31. The topological polar surface area (TPSA) is 40.5 Å². The van der Waals surface area contributed by atoms with Crippen molar-refractivity contribution < 1.29 is 9.90 Å². The Bertz CT molecular complexity index is 375. The average Bonchev–Trinajstić information content (AvgIpc) is 2.30. The summed E-state index contributed by atoms with van der Waals surface area (Å²) in [5.74, 6) is 0.0610. The number of likely N-dealkylation sites (tertiary alicyclic amines) is 1. The zero-order valence-corrected chi connectivity index (χ0v) is 9.57. The summed E-state index contributed by atoms with van der Waals surface area (Å²) in [6.45, 7) is 3.48. The van der Waals surface area contributed by atoms with Gasteiger partial charge in [0.25, 0.3) is 5.91 Å². The molecule has 1 aromatic carbocycles. The third kappa shape index (κ3) is 2.03. The van der Waals surface area contributed by atoms with Crippen LogP contribution in [-0.2, 0) is 0 Å². The molecule has 0 spiro atoms. The standard InChI is InChI=1S/C13H17NO2/c1-10-6-5-7-11(15)12(10)13(16)14-8-3-2-4-9-14/h5-7,15H,2-4,8-9H2,1H3. The van der Waals surface area contributed by atoms with Gasteiger partial charge in [0, 0.05) is 13.1 Å². The molecule has 0 atom stereocenters. The molecule has 3 nitrogen and oxygen atoms in total. The number of rotatable bonds is 1. The van der Waals surface area contributed by atoms with Gasteiger partial charge in [-0.1, -0.05) is 12.1 Å². The molecule has 0 aromatic heterocycles. The first-order valence-electron chi connectivity index (χ1n) is 5.78. The second kappa shape index (κ2) is 4.56. The number of carbonyl (C=O) groups excluding carboxylic acids is 1. The molecule has 1 aliphatic heterocycles. The van der Waals surface area contributed by atoms with Gasteiger partial charge in [-0.25, -0.2) is 0 Å². The van der Waals surface area contributed by atoms with Gasteiger partial charge >= 0.3 is 0 Å². The Hall–Kier alpha value is -1.51. The molecule has 0 saturated carbocycles. The maximum Gasteiger partial charge on any atom is 0.257 e. The van der Waals surface area contributed by atoms with Crippen molar-refractivity contribution >= 4 is 5.91 Å². The van der Waals surface area contributed by atoms with Crippen molar-refractivity contribution in [3.8, 4) is 5.75 Å². The highest BCUT2D eigenvalue weighted by Gasteiger charge is 2.21. The van der Waals surface area contributed by atoms with Crippen molar-refractivity contribution in [2.45, 2.75) is 26.2 Å². The van der Waals surface area contributed by atoms with Gasteiger partial charge in [0.2, 0.25) is 0 Å². The molecule has 1 amide bonds. The molecule has 0 unspecified atom stereocenters. The van der Waals surface area contributed by atoms with Gasteiger partial charge in [-0.15, -0.1) is 0 Å². The number of phenols is 1. The number of piperidine rings is 1. The largest absolute Gasteiger partial charge is 0.507 e. The second-order valence-corrected chi connectivity index (χ2v) is 4.32. The van der Waals surface area contributed by atoms with Crippen LogP contribution < -0.4 is 0 Å². The van der Waals surface area contributed by atoms with Crippen LogP contribution in [0.2, 0.25) is 0 Å². The van der Waals surface area contributed by atoms with Crippen molar-refractivity contribution in [2.75, 3.05) is 13.1 Å². The summed E-state index contributed by atoms with van der Waals surface area (Å²) in [7, 11) is 0. The van der Waals surface area contributed by atoms with Crippen LogP contribution in [0.15, 0.2) is 18.2 Å². The second-order valence-electron chi connectivity index (χ2n) is 4.32. The normalized spacial score (nSPS) is 16.2. The van der Waals surface area contributed by atoms with E-state index in [4.69, 9.17) is 0 Å². The van der Waals surface area contributed by atoms with Crippen LogP contribution in [0.3, 0.4) is 0 Å². The summed E-state index contributed by atoms with van der Waals surface area (Å²) in [5, 5.41) is 9.74. The minimum absolute atomic E-state index is 0.0321. The van der Waals surface area contributed by atoms with E-state index in [2.05, 4.69) is 0 Å². The molecule has 1 fully saturated rings. The maximum absolute atomic E-state index is 12.2. The van der Waals surface area contributed by atoms with Gasteiger partial charge in [0.1, 0.15) is 5.75 Å². The van der Waals surface area contributed by atoms with E-state index in [0.29, 0.717) is 5.56 Å². The molecule has 3 heteroatoms. The van der Waals surface area contributed by atoms with Crippen molar-refractivity contribution in [3.63, 3.8) is 0 Å². The van der Waals surface area contributed by atoms with E-state index in [1.165, 1.54) is 6.42 Å². The van der Waals surface area contributed by atoms with Crippen molar-refractivity contribution in [2.24, 2.45) is 0 Å². The van der Waals surface area contributed by atoms with Gasteiger partial charge < -0.3 is 10.0 Å². The summed E-state index contributed by atoms with van der Waals surface area (Å²) < 4.78 is 0. The third-order valence-corrected chi connectivity index (χ3v) is 3.11. The van der Waals surface area contributed by atoms with E-state index >= 15 is 0 Å². The van der Waals surface area contributed by atoms with E-state index in [-0.39, 0.29) is 11.7 Å². The fourth-order valence-electron chi connectivity index (χ4n) is 2.19. The number of aromatic hydroxyl groups is 1. The van der Waals surface area contributed by atoms with Gasteiger partial charge in [-0.3, -0.25) is 4.79 Å². The Morgan fingerprint density at radius 3 is 2.56 bits per heavy atom. The van der Waals surface area contributed by atoms with E-state index < -0.39 is 0 Å². The predicted octanol–water partition coefficient (Wildman–Crippen LogP) is 2.33. The van der Waals surface area contributed by atoms with E-state index in [0.717, 1.165) is 31.5 Å². The van der Waals surface area contributed by atoms with Gasteiger partial charge in [-0.2, -0.15) is 0 Å². The Labute approximate surface area is 95.7 Å². The van der Waals surface area contributed by atoms with Crippen LogP contribution in [0.4, 0.5) is 0 Å². The summed E-state index contributed by atoms with van der Waals surface area (Å²) >= 11 is 0. The van der Waals surface area contributed by atoms with Crippen molar-refractivity contribution in [1.29, 1.82) is 0 Å². The summed E-state index contributed by atoms with van der Waals surface area (Å²) in [6.07, 6.45) is 3.33. The Morgan fingerprint density at radius 1 is 1.25 bits per heavy atom. The minimum Gasteiger partial charge on any atom is -0.507 e. The molecular weight excluding hydrogens is 202 g/mol.